The highest BCUT2D eigenvalue weighted by atomic mass is 16.6. The number of rotatable bonds is 5. The third-order valence-electron chi connectivity index (χ3n) is 1.66. The predicted octanol–water partition coefficient (Wildman–Crippen LogP) is -0.186. The van der Waals surface area contributed by atoms with Gasteiger partial charge in [-0.3, -0.25) is 4.79 Å². The number of nitro groups is 1. The number of carbonyl (C=O) groups excluding carboxylic acids is 1. The van der Waals surface area contributed by atoms with Crippen molar-refractivity contribution in [3.63, 3.8) is 0 Å². The molecule has 0 aliphatic heterocycles. The number of aromatic nitrogens is 2. The Hall–Kier alpha value is -2.22. The number of hydrogen-bond donors (Lipinski definition) is 1. The summed E-state index contributed by atoms with van der Waals surface area (Å²) in [5.74, 6) is 5.01. The van der Waals surface area contributed by atoms with Crippen LogP contribution in [0.2, 0.25) is 0 Å². The van der Waals surface area contributed by atoms with Crippen LogP contribution in [0.5, 0.6) is 0 Å². The summed E-state index contributed by atoms with van der Waals surface area (Å²) in [5.41, 5.74) is 0. The van der Waals surface area contributed by atoms with Crippen LogP contribution in [-0.2, 0) is 11.3 Å². The first-order valence-electron chi connectivity index (χ1n) is 3.91. The molecule has 80 valence electrons. The van der Waals surface area contributed by atoms with Crippen molar-refractivity contribution in [2.45, 2.75) is 6.54 Å². The van der Waals surface area contributed by atoms with Crippen LogP contribution >= 0.6 is 0 Å². The van der Waals surface area contributed by atoms with Crippen LogP contribution in [0.3, 0.4) is 0 Å². The van der Waals surface area contributed by atoms with Gasteiger partial charge in [-0.15, -0.1) is 0 Å². The van der Waals surface area contributed by atoms with E-state index in [0.717, 1.165) is 6.20 Å². The lowest BCUT2D eigenvalue weighted by molar-refractivity contribution is -0.391. The lowest BCUT2D eigenvalue weighted by Crippen LogP contribution is -2.31. The Morgan fingerprint density at radius 3 is 2.93 bits per heavy atom. The molecule has 0 aliphatic rings. The second-order valence-corrected chi connectivity index (χ2v) is 2.59. The Labute approximate surface area is 84.7 Å². The van der Waals surface area contributed by atoms with Crippen LogP contribution in [-0.4, -0.2) is 20.9 Å². The van der Waals surface area contributed by atoms with Crippen LogP contribution in [0, 0.1) is 10.1 Å². The molecule has 8 nitrogen and oxygen atoms in total. The molecule has 0 saturated carbocycles. The summed E-state index contributed by atoms with van der Waals surface area (Å²) in [4.78, 5) is 24.0. The first-order chi connectivity index (χ1) is 7.11. The summed E-state index contributed by atoms with van der Waals surface area (Å²) in [6, 6.07) is 0. The van der Waals surface area contributed by atoms with Crippen molar-refractivity contribution in [2.24, 2.45) is 5.84 Å². The highest BCUT2D eigenvalue weighted by Crippen LogP contribution is 2.18. The Kier molecular flexibility index (Phi) is 3.13. The van der Waals surface area contributed by atoms with Gasteiger partial charge in [-0.05, 0) is 4.92 Å². The monoisotopic (exact) mass is 211 g/mol. The van der Waals surface area contributed by atoms with E-state index in [4.69, 9.17) is 5.84 Å². The van der Waals surface area contributed by atoms with E-state index in [9.17, 15) is 14.9 Å². The third kappa shape index (κ3) is 1.99. The molecule has 2 N–H and O–H groups in total. The summed E-state index contributed by atoms with van der Waals surface area (Å²) in [7, 11) is 0. The maximum atomic E-state index is 10.6. The molecule has 1 rings (SSSR count). The minimum absolute atomic E-state index is 0.00315. The first kappa shape index (κ1) is 10.9. The number of allylic oxidation sites excluding steroid dienone is 1. The summed E-state index contributed by atoms with van der Waals surface area (Å²) in [5, 5.41) is 11.2. The quantitative estimate of drug-likeness (QED) is 0.181. The average Bonchev–Trinajstić information content (AvgIpc) is 2.61. The third-order valence-corrected chi connectivity index (χ3v) is 1.66. The maximum absolute atomic E-state index is 10.6. The minimum atomic E-state index is -0.612. The van der Waals surface area contributed by atoms with E-state index in [2.05, 4.69) is 11.6 Å². The van der Waals surface area contributed by atoms with Gasteiger partial charge in [-0.1, -0.05) is 12.7 Å². The van der Waals surface area contributed by atoms with E-state index in [-0.39, 0.29) is 18.3 Å². The lowest BCUT2D eigenvalue weighted by atomic mass is 10.6. The predicted molar refractivity (Wildman–Crippen MR) is 51.8 cm³/mol. The molecule has 0 spiro atoms. The van der Waals surface area contributed by atoms with Crippen molar-refractivity contribution >= 4 is 18.2 Å². The van der Waals surface area contributed by atoms with Crippen molar-refractivity contribution in [1.82, 2.24) is 9.55 Å². The molecule has 0 bridgehead atoms. The fourth-order valence-electron chi connectivity index (χ4n) is 1.06. The number of carbonyl (C=O) groups is 1. The number of imidazole rings is 1. The zero-order valence-electron chi connectivity index (χ0n) is 7.74. The minimum Gasteiger partial charge on any atom is -0.358 e. The van der Waals surface area contributed by atoms with E-state index in [1.807, 2.05) is 0 Å². The standard InChI is InChI=1S/C7H9N5O3/c1-2-3-10-6(12(14)15)4-9-7(10)11(8)5-13/h2,4-5H,1,3,8H2. The second kappa shape index (κ2) is 4.33. The zero-order chi connectivity index (χ0) is 11.4. The second-order valence-electron chi connectivity index (χ2n) is 2.59. The molecule has 1 aromatic rings. The summed E-state index contributed by atoms with van der Waals surface area (Å²) < 4.78 is 1.17. The number of amides is 1. The van der Waals surface area contributed by atoms with Gasteiger partial charge in [0.15, 0.2) is 0 Å². The molecule has 1 heterocycles. The van der Waals surface area contributed by atoms with Gasteiger partial charge >= 0.3 is 11.8 Å². The van der Waals surface area contributed by atoms with E-state index >= 15 is 0 Å². The zero-order valence-corrected chi connectivity index (χ0v) is 7.74. The Morgan fingerprint density at radius 2 is 2.47 bits per heavy atom. The van der Waals surface area contributed by atoms with E-state index in [1.54, 1.807) is 0 Å². The first-order valence-corrected chi connectivity index (χ1v) is 3.91. The van der Waals surface area contributed by atoms with Crippen LogP contribution in [0.15, 0.2) is 18.9 Å². The summed E-state index contributed by atoms with van der Waals surface area (Å²) in [6.45, 7) is 3.59. The topological polar surface area (TPSA) is 107 Å². The number of nitrogens with zero attached hydrogens (tertiary/aromatic N) is 4. The number of hydrogen-bond acceptors (Lipinski definition) is 5. The van der Waals surface area contributed by atoms with Crippen LogP contribution < -0.4 is 10.9 Å². The molecule has 1 amide bonds. The SMILES string of the molecule is C=CCn1c([N+](=O)[O-])cnc1N(N)C=O. The van der Waals surface area contributed by atoms with Crippen LogP contribution in [0.25, 0.3) is 0 Å². The average molecular weight is 211 g/mol. The van der Waals surface area contributed by atoms with Gasteiger partial charge in [0.2, 0.25) is 6.41 Å². The molecule has 1 aromatic heterocycles. The highest BCUT2D eigenvalue weighted by Gasteiger charge is 2.22. The lowest BCUT2D eigenvalue weighted by Gasteiger charge is -2.06. The Morgan fingerprint density at radius 1 is 1.80 bits per heavy atom. The number of anilines is 1. The van der Waals surface area contributed by atoms with Crippen LogP contribution in [0.1, 0.15) is 0 Å². The van der Waals surface area contributed by atoms with Gasteiger partial charge in [0.05, 0.1) is 0 Å². The van der Waals surface area contributed by atoms with Crippen LogP contribution in [0.4, 0.5) is 11.8 Å². The molecular weight excluding hydrogens is 202 g/mol. The molecule has 0 radical (unpaired) electrons. The molecule has 0 fully saturated rings. The highest BCUT2D eigenvalue weighted by molar-refractivity contribution is 5.69. The van der Waals surface area contributed by atoms with Crippen molar-refractivity contribution in [1.29, 1.82) is 0 Å². The Balaban J connectivity index is 3.22. The molecule has 0 saturated heterocycles. The van der Waals surface area contributed by atoms with E-state index < -0.39 is 4.92 Å². The molecule has 0 atom stereocenters. The largest absolute Gasteiger partial charge is 0.358 e. The Bertz CT molecular complexity index is 399. The molecular formula is C7H9N5O3. The fraction of sp³-hybridized carbons (Fsp3) is 0.143. The molecule has 0 unspecified atom stereocenters. The number of hydrazine groups is 1. The van der Waals surface area contributed by atoms with Crippen molar-refractivity contribution < 1.29 is 9.72 Å². The van der Waals surface area contributed by atoms with Crippen molar-refractivity contribution in [3.8, 4) is 0 Å². The molecule has 8 heteroatoms. The van der Waals surface area contributed by atoms with Crippen molar-refractivity contribution in [3.05, 3.63) is 29.0 Å². The summed E-state index contributed by atoms with van der Waals surface area (Å²) in [6.07, 6.45) is 2.78. The van der Waals surface area contributed by atoms with Gasteiger partial charge in [0.1, 0.15) is 12.7 Å². The number of nitrogens with two attached hydrogens (primary N) is 1. The van der Waals surface area contributed by atoms with Gasteiger partial charge in [-0.2, -0.15) is 14.6 Å². The normalized spacial score (nSPS) is 9.67. The van der Waals surface area contributed by atoms with Gasteiger partial charge in [-0.25, -0.2) is 5.84 Å². The fourth-order valence-corrected chi connectivity index (χ4v) is 1.06. The smallest absolute Gasteiger partial charge is 0.344 e. The van der Waals surface area contributed by atoms with E-state index in [0.29, 0.717) is 11.4 Å². The molecule has 0 aliphatic carbocycles. The van der Waals surface area contributed by atoms with E-state index in [1.165, 1.54) is 10.6 Å². The van der Waals surface area contributed by atoms with Gasteiger partial charge in [0.25, 0.3) is 0 Å². The maximum Gasteiger partial charge on any atom is 0.344 e. The van der Waals surface area contributed by atoms with Gasteiger partial charge in [0, 0.05) is 0 Å². The van der Waals surface area contributed by atoms with Crippen molar-refractivity contribution in [2.75, 3.05) is 5.01 Å². The molecule has 0 aromatic carbocycles. The molecule has 15 heavy (non-hydrogen) atoms. The summed E-state index contributed by atoms with van der Waals surface area (Å²) >= 11 is 0. The van der Waals surface area contributed by atoms with Gasteiger partial charge < -0.3 is 10.1 Å².